The molecular formula is C18H19N3O2S3. The summed E-state index contributed by atoms with van der Waals surface area (Å²) in [5.41, 5.74) is 2.06. The summed E-state index contributed by atoms with van der Waals surface area (Å²) in [5, 5.41) is 8.31. The quantitative estimate of drug-likeness (QED) is 0.427. The first kappa shape index (κ1) is 18.9. The van der Waals surface area contributed by atoms with E-state index in [4.69, 9.17) is 0 Å². The molecule has 3 rings (SSSR count). The Morgan fingerprint density at radius 3 is 2.27 bits per heavy atom. The molecular weight excluding hydrogens is 386 g/mol. The zero-order valence-corrected chi connectivity index (χ0v) is 16.5. The van der Waals surface area contributed by atoms with Gasteiger partial charge in [0.15, 0.2) is 4.34 Å². The molecule has 3 aromatic rings. The van der Waals surface area contributed by atoms with Gasteiger partial charge >= 0.3 is 0 Å². The maximum Gasteiger partial charge on any atom is 0.238 e. The van der Waals surface area contributed by atoms with Crippen molar-refractivity contribution in [3.8, 4) is 0 Å². The predicted octanol–water partition coefficient (Wildman–Crippen LogP) is 4.20. The molecule has 1 N–H and O–H groups in total. The molecule has 8 heteroatoms. The first-order valence-corrected chi connectivity index (χ1v) is 11.6. The largest absolute Gasteiger partial charge is 0.257 e. The number of hydrogen-bond donors (Lipinski definition) is 1. The molecule has 26 heavy (non-hydrogen) atoms. The van der Waals surface area contributed by atoms with Crippen molar-refractivity contribution in [1.29, 1.82) is 0 Å². The SMILES string of the molecule is O=S(=O)(Cc1ccccc1)Nc1nnc(SCCCc2ccccc2)s1. The fraction of sp³-hybridized carbons (Fsp3) is 0.222. The van der Waals surface area contributed by atoms with Crippen LogP contribution in [0.5, 0.6) is 0 Å². The zero-order valence-electron chi connectivity index (χ0n) is 14.0. The van der Waals surface area contributed by atoms with Crippen LogP contribution in [0.25, 0.3) is 0 Å². The second kappa shape index (κ2) is 9.16. The summed E-state index contributed by atoms with van der Waals surface area (Å²) in [7, 11) is -3.49. The Balaban J connectivity index is 1.46. The fourth-order valence-corrected chi connectivity index (χ4v) is 5.52. The molecule has 0 saturated heterocycles. The minimum absolute atomic E-state index is 0.0764. The van der Waals surface area contributed by atoms with E-state index in [9.17, 15) is 8.42 Å². The summed E-state index contributed by atoms with van der Waals surface area (Å²) >= 11 is 2.87. The van der Waals surface area contributed by atoms with Crippen molar-refractivity contribution in [2.75, 3.05) is 10.5 Å². The normalized spacial score (nSPS) is 11.4. The third-order valence-corrected chi connectivity index (χ3v) is 6.93. The van der Waals surface area contributed by atoms with Crippen LogP contribution in [0.15, 0.2) is 65.0 Å². The van der Waals surface area contributed by atoms with Gasteiger partial charge in [-0.15, -0.1) is 10.2 Å². The molecule has 0 amide bonds. The Labute approximate surface area is 161 Å². The molecule has 2 aromatic carbocycles. The molecule has 0 saturated carbocycles. The summed E-state index contributed by atoms with van der Waals surface area (Å²) in [6, 6.07) is 19.4. The lowest BCUT2D eigenvalue weighted by Gasteiger charge is -2.04. The molecule has 0 aliphatic carbocycles. The minimum Gasteiger partial charge on any atom is -0.257 e. The third kappa shape index (κ3) is 6.12. The van der Waals surface area contributed by atoms with Crippen molar-refractivity contribution in [2.24, 2.45) is 0 Å². The molecule has 1 heterocycles. The van der Waals surface area contributed by atoms with E-state index in [1.54, 1.807) is 23.9 Å². The molecule has 0 aliphatic rings. The van der Waals surface area contributed by atoms with Gasteiger partial charge in [-0.25, -0.2) is 8.42 Å². The number of aromatic nitrogens is 2. The lowest BCUT2D eigenvalue weighted by Crippen LogP contribution is -2.14. The number of thioether (sulfide) groups is 1. The second-order valence-corrected chi connectivity index (χ2v) is 9.70. The molecule has 0 atom stereocenters. The standard InChI is InChI=1S/C18H19N3O2S3/c22-26(23,14-16-10-5-2-6-11-16)21-17-19-20-18(25-17)24-13-7-12-15-8-3-1-4-9-15/h1-6,8-11H,7,12-14H2,(H,19,21). The monoisotopic (exact) mass is 405 g/mol. The van der Waals surface area contributed by atoms with Crippen LogP contribution in [0.2, 0.25) is 0 Å². The van der Waals surface area contributed by atoms with Crippen LogP contribution in [0.1, 0.15) is 17.5 Å². The van der Waals surface area contributed by atoms with Crippen LogP contribution in [-0.4, -0.2) is 24.4 Å². The average molecular weight is 406 g/mol. The van der Waals surface area contributed by atoms with E-state index in [0.717, 1.165) is 28.5 Å². The Bertz CT molecular complexity index is 913. The topological polar surface area (TPSA) is 72.0 Å². The molecule has 1 aromatic heterocycles. The van der Waals surface area contributed by atoms with Crippen LogP contribution >= 0.6 is 23.1 Å². The van der Waals surface area contributed by atoms with Crippen LogP contribution < -0.4 is 4.72 Å². The number of anilines is 1. The van der Waals surface area contributed by atoms with Crippen molar-refractivity contribution in [3.05, 3.63) is 71.8 Å². The highest BCUT2D eigenvalue weighted by Gasteiger charge is 2.15. The van der Waals surface area contributed by atoms with E-state index in [1.165, 1.54) is 16.9 Å². The van der Waals surface area contributed by atoms with Crippen molar-refractivity contribution >= 4 is 38.3 Å². The highest BCUT2D eigenvalue weighted by Crippen LogP contribution is 2.27. The molecule has 0 radical (unpaired) electrons. The van der Waals surface area contributed by atoms with Crippen LogP contribution in [0.3, 0.4) is 0 Å². The molecule has 0 bridgehead atoms. The molecule has 0 aliphatic heterocycles. The Hall–Kier alpha value is -1.90. The molecule has 0 spiro atoms. The number of benzene rings is 2. The first-order valence-electron chi connectivity index (χ1n) is 8.15. The van der Waals surface area contributed by atoms with Gasteiger partial charge in [0.25, 0.3) is 0 Å². The van der Waals surface area contributed by atoms with Gasteiger partial charge in [0.2, 0.25) is 15.2 Å². The van der Waals surface area contributed by atoms with Crippen molar-refractivity contribution in [3.63, 3.8) is 0 Å². The third-order valence-electron chi connectivity index (χ3n) is 3.53. The van der Waals surface area contributed by atoms with Crippen molar-refractivity contribution in [1.82, 2.24) is 10.2 Å². The lowest BCUT2D eigenvalue weighted by atomic mass is 10.1. The summed E-state index contributed by atoms with van der Waals surface area (Å²) in [6.07, 6.45) is 2.05. The fourth-order valence-electron chi connectivity index (χ4n) is 2.35. The van der Waals surface area contributed by atoms with E-state index in [0.29, 0.717) is 5.13 Å². The Morgan fingerprint density at radius 2 is 1.58 bits per heavy atom. The van der Waals surface area contributed by atoms with E-state index in [-0.39, 0.29) is 5.75 Å². The summed E-state index contributed by atoms with van der Waals surface area (Å²) in [5.74, 6) is 0.841. The molecule has 0 fully saturated rings. The lowest BCUT2D eigenvalue weighted by molar-refractivity contribution is 0.600. The summed E-state index contributed by atoms with van der Waals surface area (Å²) < 4.78 is 27.7. The Kier molecular flexibility index (Phi) is 6.65. The minimum atomic E-state index is -3.49. The highest BCUT2D eigenvalue weighted by atomic mass is 32.2. The molecule has 5 nitrogen and oxygen atoms in total. The van der Waals surface area contributed by atoms with Gasteiger partial charge in [-0.05, 0) is 24.0 Å². The maximum atomic E-state index is 12.2. The van der Waals surface area contributed by atoms with Gasteiger partial charge in [0.1, 0.15) is 0 Å². The van der Waals surface area contributed by atoms with Crippen LogP contribution in [-0.2, 0) is 22.2 Å². The highest BCUT2D eigenvalue weighted by molar-refractivity contribution is 8.01. The first-order chi connectivity index (χ1) is 12.6. The number of nitrogens with one attached hydrogen (secondary N) is 1. The number of sulfonamides is 1. The van der Waals surface area contributed by atoms with E-state index in [1.807, 2.05) is 36.4 Å². The number of nitrogens with zero attached hydrogens (tertiary/aromatic N) is 2. The summed E-state index contributed by atoms with van der Waals surface area (Å²) in [4.78, 5) is 0. The van der Waals surface area contributed by atoms with Gasteiger partial charge in [-0.2, -0.15) is 0 Å². The number of hydrogen-bond acceptors (Lipinski definition) is 6. The van der Waals surface area contributed by atoms with E-state index in [2.05, 4.69) is 27.1 Å². The number of aryl methyl sites for hydroxylation is 1. The van der Waals surface area contributed by atoms with Gasteiger partial charge in [0.05, 0.1) is 5.75 Å². The van der Waals surface area contributed by atoms with Crippen molar-refractivity contribution in [2.45, 2.75) is 22.9 Å². The average Bonchev–Trinajstić information content (AvgIpc) is 3.06. The summed E-state index contributed by atoms with van der Waals surface area (Å²) in [6.45, 7) is 0. The van der Waals surface area contributed by atoms with Crippen molar-refractivity contribution < 1.29 is 8.42 Å². The molecule has 0 unspecified atom stereocenters. The second-order valence-electron chi connectivity index (χ2n) is 5.66. The predicted molar refractivity (Wildman–Crippen MR) is 108 cm³/mol. The van der Waals surface area contributed by atoms with Gasteiger partial charge in [0, 0.05) is 5.75 Å². The smallest absolute Gasteiger partial charge is 0.238 e. The number of rotatable bonds is 9. The van der Waals surface area contributed by atoms with Gasteiger partial charge in [-0.3, -0.25) is 4.72 Å². The van der Waals surface area contributed by atoms with Gasteiger partial charge < -0.3 is 0 Å². The van der Waals surface area contributed by atoms with Gasteiger partial charge in [-0.1, -0.05) is 83.8 Å². The maximum absolute atomic E-state index is 12.2. The van der Waals surface area contributed by atoms with Crippen LogP contribution in [0, 0.1) is 0 Å². The van der Waals surface area contributed by atoms with E-state index < -0.39 is 10.0 Å². The Morgan fingerprint density at radius 1 is 0.923 bits per heavy atom. The molecule has 136 valence electrons. The van der Waals surface area contributed by atoms with Crippen LogP contribution in [0.4, 0.5) is 5.13 Å². The zero-order chi connectivity index (χ0) is 18.2. The van der Waals surface area contributed by atoms with E-state index >= 15 is 0 Å².